The molecule has 0 radical (unpaired) electrons. The lowest BCUT2D eigenvalue weighted by molar-refractivity contribution is -0.148. The molecular formula is C29H23F4NO2S. The second-order valence-corrected chi connectivity index (χ2v) is 10.7. The molecule has 0 amide bonds. The van der Waals surface area contributed by atoms with Crippen molar-refractivity contribution in [3.8, 4) is 11.4 Å². The van der Waals surface area contributed by atoms with E-state index in [1.807, 2.05) is 36.4 Å². The van der Waals surface area contributed by atoms with Gasteiger partial charge in [-0.1, -0.05) is 30.3 Å². The predicted octanol–water partition coefficient (Wildman–Crippen LogP) is 7.63. The average molecular weight is 526 g/mol. The lowest BCUT2D eigenvalue weighted by atomic mass is 10.1. The smallest absolute Gasteiger partial charge is 0.392 e. The molecule has 1 aromatic heterocycles. The number of thioether (sulfide) groups is 1. The zero-order valence-electron chi connectivity index (χ0n) is 19.7. The van der Waals surface area contributed by atoms with Crippen LogP contribution in [0.3, 0.4) is 0 Å². The quantitative estimate of drug-likeness (QED) is 0.184. The summed E-state index contributed by atoms with van der Waals surface area (Å²) in [5.74, 6) is -2.20. The standard InChI is InChI=1S/C29H23F4NO2S/c30-24-15-26(27(36-19-7-8-19)14-22(24)21-13-23(21)29(31,32)33)34-25-10-9-20(12-18(25)6-11-28(34)35)37-16-17-4-2-1-3-5-17/h1-6,9-12,14-15,19,21,23H,7-8,13,16H2/t21-,23+/m0/s1. The number of pyridine rings is 1. The van der Waals surface area contributed by atoms with Crippen molar-refractivity contribution in [1.29, 1.82) is 0 Å². The Morgan fingerprint density at radius 1 is 0.973 bits per heavy atom. The number of halogens is 4. The van der Waals surface area contributed by atoms with E-state index < -0.39 is 23.8 Å². The number of ether oxygens (including phenoxy) is 1. The summed E-state index contributed by atoms with van der Waals surface area (Å²) < 4.78 is 62.2. The fraction of sp³-hybridized carbons (Fsp3) is 0.276. The molecule has 0 aliphatic heterocycles. The van der Waals surface area contributed by atoms with Crippen molar-refractivity contribution in [3.05, 3.63) is 100 Å². The molecule has 2 atom stereocenters. The van der Waals surface area contributed by atoms with Gasteiger partial charge in [0.15, 0.2) is 0 Å². The van der Waals surface area contributed by atoms with E-state index in [4.69, 9.17) is 4.74 Å². The Kier molecular flexibility index (Phi) is 6.02. The summed E-state index contributed by atoms with van der Waals surface area (Å²) in [4.78, 5) is 14.1. The number of benzene rings is 3. The van der Waals surface area contributed by atoms with E-state index in [0.29, 0.717) is 5.52 Å². The summed E-state index contributed by atoms with van der Waals surface area (Å²) in [5, 5.41) is 0.791. The Bertz CT molecular complexity index is 1530. The Balaban J connectivity index is 1.39. The minimum absolute atomic E-state index is 0.00499. The van der Waals surface area contributed by atoms with Crippen molar-refractivity contribution < 1.29 is 22.3 Å². The van der Waals surface area contributed by atoms with Gasteiger partial charge < -0.3 is 4.74 Å². The first kappa shape index (κ1) is 24.1. The van der Waals surface area contributed by atoms with Crippen molar-refractivity contribution >= 4 is 22.7 Å². The highest BCUT2D eigenvalue weighted by Crippen LogP contribution is 2.57. The zero-order chi connectivity index (χ0) is 25.7. The summed E-state index contributed by atoms with van der Waals surface area (Å²) in [6, 6.07) is 21.4. The summed E-state index contributed by atoms with van der Waals surface area (Å²) in [6.45, 7) is 0. The molecule has 2 aliphatic carbocycles. The monoisotopic (exact) mass is 525 g/mol. The highest BCUT2D eigenvalue weighted by Gasteiger charge is 2.57. The van der Waals surface area contributed by atoms with Crippen LogP contribution in [0.4, 0.5) is 17.6 Å². The van der Waals surface area contributed by atoms with Crippen molar-refractivity contribution in [2.24, 2.45) is 5.92 Å². The largest absolute Gasteiger partial charge is 0.488 e. The predicted molar refractivity (Wildman–Crippen MR) is 136 cm³/mol. The Hall–Kier alpha value is -3.26. The fourth-order valence-corrected chi connectivity index (χ4v) is 5.58. The third-order valence-electron chi connectivity index (χ3n) is 6.86. The van der Waals surface area contributed by atoms with Gasteiger partial charge in [0.1, 0.15) is 11.6 Å². The number of fused-ring (bicyclic) bond motifs is 1. The van der Waals surface area contributed by atoms with Crippen molar-refractivity contribution in [1.82, 2.24) is 4.57 Å². The minimum atomic E-state index is -4.36. The van der Waals surface area contributed by atoms with E-state index >= 15 is 4.39 Å². The molecule has 3 nitrogen and oxygen atoms in total. The highest BCUT2D eigenvalue weighted by atomic mass is 32.2. The third-order valence-corrected chi connectivity index (χ3v) is 7.93. The molecule has 37 heavy (non-hydrogen) atoms. The maximum atomic E-state index is 15.2. The summed E-state index contributed by atoms with van der Waals surface area (Å²) >= 11 is 1.67. The van der Waals surface area contributed by atoms with Gasteiger partial charge in [-0.2, -0.15) is 13.2 Å². The van der Waals surface area contributed by atoms with E-state index in [0.717, 1.165) is 34.9 Å². The molecular weight excluding hydrogens is 502 g/mol. The fourth-order valence-electron chi connectivity index (χ4n) is 4.68. The van der Waals surface area contributed by atoms with Crippen LogP contribution >= 0.6 is 11.8 Å². The Labute approximate surface area is 215 Å². The van der Waals surface area contributed by atoms with Crippen molar-refractivity contribution in [3.63, 3.8) is 0 Å². The van der Waals surface area contributed by atoms with Gasteiger partial charge in [-0.15, -0.1) is 11.8 Å². The van der Waals surface area contributed by atoms with E-state index in [9.17, 15) is 18.0 Å². The van der Waals surface area contributed by atoms with Crippen LogP contribution in [0.2, 0.25) is 0 Å². The molecule has 190 valence electrons. The first-order valence-electron chi connectivity index (χ1n) is 12.2. The van der Waals surface area contributed by atoms with Crippen molar-refractivity contribution in [2.75, 3.05) is 0 Å². The van der Waals surface area contributed by atoms with E-state index in [1.54, 1.807) is 17.8 Å². The maximum Gasteiger partial charge on any atom is 0.392 e. The van der Waals surface area contributed by atoms with Crippen LogP contribution in [0.5, 0.6) is 5.75 Å². The zero-order valence-corrected chi connectivity index (χ0v) is 20.5. The van der Waals surface area contributed by atoms with Crippen LogP contribution in [-0.4, -0.2) is 16.8 Å². The van der Waals surface area contributed by atoms with Gasteiger partial charge in [-0.25, -0.2) is 4.39 Å². The van der Waals surface area contributed by atoms with Crippen molar-refractivity contribution in [2.45, 2.75) is 48.1 Å². The second kappa shape index (κ2) is 9.24. The van der Waals surface area contributed by atoms with Crippen LogP contribution in [0.15, 0.2) is 82.5 Å². The number of hydrogen-bond acceptors (Lipinski definition) is 3. The number of rotatable bonds is 7. The average Bonchev–Trinajstić information content (AvgIpc) is 3.79. The van der Waals surface area contributed by atoms with Gasteiger partial charge in [0.2, 0.25) is 0 Å². The summed E-state index contributed by atoms with van der Waals surface area (Å²) in [6.07, 6.45) is -2.96. The molecule has 2 saturated carbocycles. The Morgan fingerprint density at radius 3 is 2.46 bits per heavy atom. The van der Waals surface area contributed by atoms with Crippen LogP contribution in [0, 0.1) is 11.7 Å². The highest BCUT2D eigenvalue weighted by molar-refractivity contribution is 7.98. The second-order valence-electron chi connectivity index (χ2n) is 9.65. The molecule has 0 bridgehead atoms. The molecule has 1 heterocycles. The molecule has 8 heteroatoms. The van der Waals surface area contributed by atoms with Gasteiger partial charge in [0.05, 0.1) is 23.2 Å². The summed E-state index contributed by atoms with van der Waals surface area (Å²) in [7, 11) is 0. The van der Waals surface area contributed by atoms with Crippen LogP contribution < -0.4 is 10.3 Å². The molecule has 0 saturated heterocycles. The molecule has 2 aliphatic rings. The third kappa shape index (κ3) is 4.99. The van der Waals surface area contributed by atoms with Gasteiger partial charge in [-0.05, 0) is 72.0 Å². The lowest BCUT2D eigenvalue weighted by Gasteiger charge is -2.18. The van der Waals surface area contributed by atoms with Crippen LogP contribution in [0.1, 0.15) is 36.3 Å². The first-order valence-corrected chi connectivity index (χ1v) is 13.2. The number of hydrogen-bond donors (Lipinski definition) is 0. The molecule has 4 aromatic rings. The van der Waals surface area contributed by atoms with Gasteiger partial charge in [0.25, 0.3) is 5.56 Å². The topological polar surface area (TPSA) is 31.2 Å². The first-order chi connectivity index (χ1) is 17.8. The SMILES string of the molecule is O=c1ccc2cc(SCc3ccccc3)ccc2n1-c1cc(F)c([C@@H]2C[C@H]2C(F)(F)F)cc1OC1CC1. The van der Waals surface area contributed by atoms with Gasteiger partial charge >= 0.3 is 6.18 Å². The molecule has 0 spiro atoms. The maximum absolute atomic E-state index is 15.2. The van der Waals surface area contributed by atoms with Gasteiger partial charge in [0, 0.05) is 22.8 Å². The molecule has 3 aromatic carbocycles. The normalized spacial score (nSPS) is 19.2. The summed E-state index contributed by atoms with van der Waals surface area (Å²) in [5.41, 5.74) is 1.60. The Morgan fingerprint density at radius 2 is 1.76 bits per heavy atom. The number of aromatic nitrogens is 1. The minimum Gasteiger partial charge on any atom is -0.488 e. The molecule has 0 unspecified atom stereocenters. The lowest BCUT2D eigenvalue weighted by Crippen LogP contribution is -2.19. The number of nitrogens with zero attached hydrogens (tertiary/aromatic N) is 1. The molecule has 6 rings (SSSR count). The van der Waals surface area contributed by atoms with Crippen LogP contribution in [-0.2, 0) is 5.75 Å². The van der Waals surface area contributed by atoms with E-state index in [1.165, 1.54) is 22.3 Å². The van der Waals surface area contributed by atoms with E-state index in [-0.39, 0.29) is 35.1 Å². The van der Waals surface area contributed by atoms with E-state index in [2.05, 4.69) is 12.1 Å². The number of alkyl halides is 3. The van der Waals surface area contributed by atoms with Gasteiger partial charge in [-0.3, -0.25) is 9.36 Å². The molecule has 0 N–H and O–H groups in total. The molecule has 2 fully saturated rings. The van der Waals surface area contributed by atoms with Crippen LogP contribution in [0.25, 0.3) is 16.6 Å².